The highest BCUT2D eigenvalue weighted by molar-refractivity contribution is 7.87. The van der Waals surface area contributed by atoms with Crippen molar-refractivity contribution in [3.63, 3.8) is 0 Å². The molecule has 0 aromatic heterocycles. The van der Waals surface area contributed by atoms with Gasteiger partial charge < -0.3 is 38.6 Å². The number of unbranched alkanes of at least 4 members (excludes halogenated alkanes) is 14. The quantitative estimate of drug-likeness (QED) is 0.0317. The SMILES string of the molecule is Cc1ccc(S(=O)(=O)ON2C(=O)C3C4C=CC(COCCCCCCCCCCOc5cc(C(=O)O)c(OCCCCCCCCCCOCC67C=CC(O6)C6C(=O)N(OS(=O)(=O)c8ccc(C)cc8)C(=O)C67)cc5C(=O)O)(O4)C3C2=O)cc1. The molecule has 8 unspecified atom stereocenters. The van der Waals surface area contributed by atoms with Crippen molar-refractivity contribution in [2.24, 2.45) is 23.7 Å². The Balaban J connectivity index is 0.591. The number of hydroxylamine groups is 4. The van der Waals surface area contributed by atoms with Crippen molar-refractivity contribution in [1.29, 1.82) is 0 Å². The number of imide groups is 2. The summed E-state index contributed by atoms with van der Waals surface area (Å²) in [6, 6.07) is 14.2. The van der Waals surface area contributed by atoms with Crippen LogP contribution in [0.3, 0.4) is 0 Å². The number of fused-ring (bicyclic) bond motifs is 10. The fraction of sp³-hybridized carbons (Fsp3) is 0.533. The molecule has 4 fully saturated rings. The molecule has 0 aliphatic carbocycles. The molecule has 8 atom stereocenters. The van der Waals surface area contributed by atoms with Crippen LogP contribution in [0.15, 0.2) is 94.8 Å². The summed E-state index contributed by atoms with van der Waals surface area (Å²) in [5, 5.41) is 20.6. The average Bonchev–Trinajstić information content (AvgIpc) is 1.75. The highest BCUT2D eigenvalue weighted by Gasteiger charge is 2.70. The van der Waals surface area contributed by atoms with E-state index in [-0.39, 0.29) is 58.8 Å². The Morgan fingerprint density at radius 3 is 1.14 bits per heavy atom. The van der Waals surface area contributed by atoms with Crippen molar-refractivity contribution in [1.82, 2.24) is 10.1 Å². The van der Waals surface area contributed by atoms with E-state index >= 15 is 0 Å². The van der Waals surface area contributed by atoms with Gasteiger partial charge in [0.15, 0.2) is 0 Å². The Labute approximate surface area is 488 Å². The number of amides is 4. The summed E-state index contributed by atoms with van der Waals surface area (Å²) < 4.78 is 97.6. The molecule has 24 heteroatoms. The molecule has 4 saturated heterocycles. The fourth-order valence-electron chi connectivity index (χ4n) is 11.8. The molecule has 0 saturated carbocycles. The lowest BCUT2D eigenvalue weighted by Crippen LogP contribution is -2.44. The van der Waals surface area contributed by atoms with Crippen molar-refractivity contribution in [2.45, 2.75) is 150 Å². The first-order valence-electron chi connectivity index (χ1n) is 28.8. The number of nitrogens with zero attached hydrogens (tertiary/aromatic N) is 2. The summed E-state index contributed by atoms with van der Waals surface area (Å²) in [7, 11) is -8.87. The number of aromatic carboxylic acids is 2. The van der Waals surface area contributed by atoms with E-state index in [0.29, 0.717) is 36.2 Å². The van der Waals surface area contributed by atoms with Crippen molar-refractivity contribution < 1.29 is 92.8 Å². The second-order valence-electron chi connectivity index (χ2n) is 22.3. The van der Waals surface area contributed by atoms with Gasteiger partial charge in [-0.25, -0.2) is 9.59 Å². The Kier molecular flexibility index (Phi) is 19.9. The summed E-state index contributed by atoms with van der Waals surface area (Å²) >= 11 is 0. The number of ether oxygens (including phenoxy) is 6. The lowest BCUT2D eigenvalue weighted by molar-refractivity contribution is -0.172. The third-order valence-electron chi connectivity index (χ3n) is 16.3. The van der Waals surface area contributed by atoms with Crippen LogP contribution in [0.25, 0.3) is 0 Å². The van der Waals surface area contributed by atoms with Crippen molar-refractivity contribution in [2.75, 3.05) is 39.6 Å². The predicted molar refractivity (Wildman–Crippen MR) is 297 cm³/mol. The van der Waals surface area contributed by atoms with Gasteiger partial charge in [-0.05, 0) is 75.9 Å². The standard InChI is InChI=1S/C60H72N2O20S2/c1-39-19-23-41(24-20-39)83(71,72)81-61-53(63)49-45-27-29-59(79-45,51(49)55(61)65)37-75-31-15-11-7-3-5-9-13-17-33-77-47-35-44(58(69)70)48(36-43(47)57(67)68)78-34-18-14-10-6-4-8-12-16-32-76-38-60-30-28-46(80-60)50-52(60)56(66)62(54(50)64)82-84(73,74)42-25-21-40(2)22-26-42/h19-30,35-36,45-46,49-52H,3-18,31-34,37-38H2,1-2H3,(H,67,68)(H,69,70). The van der Waals surface area contributed by atoms with Gasteiger partial charge in [0.25, 0.3) is 23.6 Å². The van der Waals surface area contributed by atoms with E-state index in [4.69, 9.17) is 37.0 Å². The molecule has 22 nitrogen and oxygen atoms in total. The zero-order valence-electron chi connectivity index (χ0n) is 47.1. The van der Waals surface area contributed by atoms with Crippen molar-refractivity contribution in [3.05, 3.63) is 107 Å². The predicted octanol–water partition coefficient (Wildman–Crippen LogP) is 7.99. The number of carboxylic acids is 2. The fourth-order valence-corrected chi connectivity index (χ4v) is 13.6. The topological polar surface area (TPSA) is 291 Å². The first-order valence-corrected chi connectivity index (χ1v) is 31.7. The number of hydrogen-bond acceptors (Lipinski definition) is 18. The third-order valence-corrected chi connectivity index (χ3v) is 18.7. The summed E-state index contributed by atoms with van der Waals surface area (Å²) in [6.07, 6.45) is 19.4. The molecule has 2 N–H and O–H groups in total. The van der Waals surface area contributed by atoms with Gasteiger partial charge in [-0.1, -0.05) is 137 Å². The van der Waals surface area contributed by atoms with Gasteiger partial charge in [0, 0.05) is 13.2 Å². The van der Waals surface area contributed by atoms with Gasteiger partial charge in [-0.2, -0.15) is 16.8 Å². The van der Waals surface area contributed by atoms with E-state index in [1.54, 1.807) is 62.4 Å². The van der Waals surface area contributed by atoms with Crippen LogP contribution in [0.1, 0.15) is 135 Å². The minimum Gasteiger partial charge on any atom is -0.493 e. The number of carboxylic acid groups (broad SMARTS) is 2. The molecule has 84 heavy (non-hydrogen) atoms. The molecular formula is C60H72N2O20S2. The van der Waals surface area contributed by atoms with Gasteiger partial charge in [-0.3, -0.25) is 19.2 Å². The number of aryl methyl sites for hydroxylation is 2. The van der Waals surface area contributed by atoms with Crippen molar-refractivity contribution in [3.8, 4) is 11.5 Å². The number of rotatable bonds is 36. The second kappa shape index (κ2) is 26.9. The van der Waals surface area contributed by atoms with Crippen LogP contribution in [0, 0.1) is 37.5 Å². The number of carbonyl (C=O) groups excluding carboxylic acids is 4. The van der Waals surface area contributed by atoms with E-state index in [9.17, 15) is 55.8 Å². The van der Waals surface area contributed by atoms with Crippen LogP contribution in [-0.4, -0.2) is 136 Å². The number of hydrogen-bond donors (Lipinski definition) is 2. The molecule has 4 bridgehead atoms. The molecule has 6 aliphatic rings. The molecule has 3 aromatic rings. The Bertz CT molecular complexity index is 3010. The highest BCUT2D eigenvalue weighted by Crippen LogP contribution is 2.54. The third kappa shape index (κ3) is 13.7. The zero-order chi connectivity index (χ0) is 59.8. The summed E-state index contributed by atoms with van der Waals surface area (Å²) in [6.45, 7) is 4.84. The van der Waals surface area contributed by atoms with Gasteiger partial charge in [0.1, 0.15) is 33.8 Å². The maximum absolute atomic E-state index is 13.5. The van der Waals surface area contributed by atoms with Crippen molar-refractivity contribution >= 4 is 55.8 Å². The minimum atomic E-state index is -4.44. The molecule has 4 amide bonds. The molecule has 9 rings (SSSR count). The Morgan fingerprint density at radius 2 is 0.810 bits per heavy atom. The van der Waals surface area contributed by atoms with E-state index in [2.05, 4.69) is 0 Å². The summed E-state index contributed by atoms with van der Waals surface area (Å²) in [4.78, 5) is 77.5. The maximum Gasteiger partial charge on any atom is 0.339 e. The summed E-state index contributed by atoms with van der Waals surface area (Å²) in [5.41, 5.74) is -1.11. The van der Waals surface area contributed by atoms with Gasteiger partial charge in [0.05, 0.1) is 72.1 Å². The van der Waals surface area contributed by atoms with Gasteiger partial charge >= 0.3 is 32.2 Å². The van der Waals surface area contributed by atoms with Crippen LogP contribution in [0.5, 0.6) is 11.5 Å². The van der Waals surface area contributed by atoms with Crippen LogP contribution < -0.4 is 9.47 Å². The first kappa shape index (κ1) is 62.2. The molecule has 6 heterocycles. The van der Waals surface area contributed by atoms with E-state index in [0.717, 1.165) is 101 Å². The monoisotopic (exact) mass is 1200 g/mol. The molecular weight excluding hydrogens is 1130 g/mol. The number of carbonyl (C=O) groups is 6. The zero-order valence-corrected chi connectivity index (χ0v) is 48.7. The van der Waals surface area contributed by atoms with E-state index < -0.39 is 103 Å². The van der Waals surface area contributed by atoms with Crippen LogP contribution in [-0.2, 0) is 66.9 Å². The van der Waals surface area contributed by atoms with E-state index in [1.165, 1.54) is 36.4 Å². The molecule has 454 valence electrons. The normalized spacial score (nSPS) is 24.7. The molecule has 0 spiro atoms. The Morgan fingerprint density at radius 1 is 0.488 bits per heavy atom. The lowest BCUT2D eigenvalue weighted by atomic mass is 9.77. The van der Waals surface area contributed by atoms with E-state index in [1.807, 2.05) is 0 Å². The highest BCUT2D eigenvalue weighted by atomic mass is 32.2. The van der Waals surface area contributed by atoms with Crippen LogP contribution in [0.4, 0.5) is 0 Å². The average molecular weight is 1210 g/mol. The molecule has 0 radical (unpaired) electrons. The number of benzene rings is 3. The second-order valence-corrected chi connectivity index (χ2v) is 25.4. The van der Waals surface area contributed by atoms with Crippen LogP contribution in [0.2, 0.25) is 0 Å². The maximum atomic E-state index is 13.5. The van der Waals surface area contributed by atoms with Crippen LogP contribution >= 0.6 is 0 Å². The molecule has 6 aliphatic heterocycles. The first-order chi connectivity index (χ1) is 40.3. The largest absolute Gasteiger partial charge is 0.493 e. The van der Waals surface area contributed by atoms with Gasteiger partial charge in [-0.15, -0.1) is 18.7 Å². The minimum absolute atomic E-state index is 0.0203. The summed E-state index contributed by atoms with van der Waals surface area (Å²) in [5.74, 6) is -9.47. The smallest absolute Gasteiger partial charge is 0.339 e. The lowest BCUT2D eigenvalue weighted by Gasteiger charge is -2.28. The molecule has 3 aromatic carbocycles. The Hall–Kier alpha value is -6.38. The van der Waals surface area contributed by atoms with Gasteiger partial charge in [0.2, 0.25) is 0 Å².